The van der Waals surface area contributed by atoms with Crippen LogP contribution in [0.4, 0.5) is 0 Å². The Morgan fingerprint density at radius 1 is 0.833 bits per heavy atom. The van der Waals surface area contributed by atoms with Crippen molar-refractivity contribution in [3.8, 4) is 0 Å². The molecule has 0 radical (unpaired) electrons. The van der Waals surface area contributed by atoms with Gasteiger partial charge in [-0.3, -0.25) is 0 Å². The fourth-order valence-corrected chi connectivity index (χ4v) is 2.05. The van der Waals surface area contributed by atoms with Crippen LogP contribution in [0.5, 0.6) is 0 Å². The van der Waals surface area contributed by atoms with Gasteiger partial charge in [0, 0.05) is 0 Å². The van der Waals surface area contributed by atoms with Gasteiger partial charge in [-0.05, 0) is 40.7 Å². The van der Waals surface area contributed by atoms with E-state index < -0.39 is 0 Å². The number of hydrogen-bond donors (Lipinski definition) is 1. The van der Waals surface area contributed by atoms with E-state index in [0.717, 1.165) is 6.54 Å². The van der Waals surface area contributed by atoms with Crippen molar-refractivity contribution in [2.45, 2.75) is 84.3 Å². The van der Waals surface area contributed by atoms with Crippen LogP contribution in [0, 0.1) is 0 Å². The fourth-order valence-electron chi connectivity index (χ4n) is 2.05. The molecule has 0 aromatic heterocycles. The van der Waals surface area contributed by atoms with Gasteiger partial charge in [-0.2, -0.15) is 0 Å². The maximum Gasteiger partial charge on any atom is 0.555 e. The average Bonchev–Trinajstić information content (AvgIpc) is 2.46. The Morgan fingerprint density at radius 2 is 1.33 bits per heavy atom. The molecule has 1 fully saturated rings. The highest BCUT2D eigenvalue weighted by atomic mass is 16.7. The molecule has 0 amide bonds. The fraction of sp³-hybridized carbons (Fsp3) is 1.00. The van der Waals surface area contributed by atoms with Gasteiger partial charge >= 0.3 is 7.25 Å². The highest BCUT2D eigenvalue weighted by Gasteiger charge is 2.51. The van der Waals surface area contributed by atoms with Crippen LogP contribution >= 0.6 is 0 Å². The van der Waals surface area contributed by atoms with E-state index >= 15 is 0 Å². The van der Waals surface area contributed by atoms with E-state index in [9.17, 15) is 0 Å². The molecule has 0 aromatic carbocycles. The van der Waals surface area contributed by atoms with Gasteiger partial charge in [0.2, 0.25) is 0 Å². The second-order valence-corrected chi connectivity index (χ2v) is 6.31. The van der Waals surface area contributed by atoms with Crippen molar-refractivity contribution < 1.29 is 9.31 Å². The van der Waals surface area contributed by atoms with Gasteiger partial charge in [0.25, 0.3) is 0 Å². The van der Waals surface area contributed by atoms with Crippen molar-refractivity contribution in [2.24, 2.45) is 0 Å². The summed E-state index contributed by atoms with van der Waals surface area (Å²) in [5.41, 5.74) is -0.461. The normalized spacial score (nSPS) is 21.5. The van der Waals surface area contributed by atoms with E-state index in [1.807, 2.05) is 0 Å². The van der Waals surface area contributed by atoms with Crippen molar-refractivity contribution in [1.29, 1.82) is 0 Å². The summed E-state index contributed by atoms with van der Waals surface area (Å²) in [5, 5.41) is 3.34. The van der Waals surface area contributed by atoms with E-state index in [-0.39, 0.29) is 18.5 Å². The summed E-state index contributed by atoms with van der Waals surface area (Å²) < 4.78 is 11.8. The van der Waals surface area contributed by atoms with Crippen LogP contribution in [-0.4, -0.2) is 25.0 Å². The summed E-state index contributed by atoms with van der Waals surface area (Å²) in [6, 6.07) is 0. The van der Waals surface area contributed by atoms with Crippen LogP contribution < -0.4 is 5.23 Å². The predicted octanol–water partition coefficient (Wildman–Crippen LogP) is 3.53. The van der Waals surface area contributed by atoms with Gasteiger partial charge in [0.05, 0.1) is 11.2 Å². The van der Waals surface area contributed by atoms with Crippen LogP contribution in [-0.2, 0) is 9.31 Å². The molecule has 106 valence electrons. The predicted molar refractivity (Wildman–Crippen MR) is 77.5 cm³/mol. The molecule has 0 atom stereocenters. The van der Waals surface area contributed by atoms with E-state index in [4.69, 9.17) is 9.31 Å². The third-order valence-electron chi connectivity index (χ3n) is 4.09. The quantitative estimate of drug-likeness (QED) is 0.531. The molecule has 1 rings (SSSR count). The zero-order valence-corrected chi connectivity index (χ0v) is 12.8. The number of unbranched alkanes of at least 4 members (excludes halogenated alkanes) is 5. The van der Waals surface area contributed by atoms with Gasteiger partial charge < -0.3 is 14.5 Å². The monoisotopic (exact) mass is 255 g/mol. The molecule has 0 spiro atoms. The second-order valence-electron chi connectivity index (χ2n) is 6.31. The van der Waals surface area contributed by atoms with Crippen molar-refractivity contribution in [3.63, 3.8) is 0 Å². The first-order valence-electron chi connectivity index (χ1n) is 7.48. The molecule has 0 bridgehead atoms. The molecule has 0 aromatic rings. The molecule has 1 heterocycles. The van der Waals surface area contributed by atoms with Crippen molar-refractivity contribution in [1.82, 2.24) is 5.23 Å². The van der Waals surface area contributed by atoms with Crippen LogP contribution in [0.1, 0.15) is 73.1 Å². The first kappa shape index (κ1) is 16.0. The zero-order valence-electron chi connectivity index (χ0n) is 12.8. The van der Waals surface area contributed by atoms with Crippen LogP contribution in [0.25, 0.3) is 0 Å². The molecular formula is C14H30BNO2. The maximum atomic E-state index is 5.88. The Bertz CT molecular complexity index is 228. The lowest BCUT2D eigenvalue weighted by Gasteiger charge is -2.32. The molecule has 0 saturated carbocycles. The minimum absolute atomic E-state index is 0.230. The largest absolute Gasteiger partial charge is 0.555 e. The lowest BCUT2D eigenvalue weighted by atomic mass is 9.90. The van der Waals surface area contributed by atoms with E-state index in [2.05, 4.69) is 39.8 Å². The highest BCUT2D eigenvalue weighted by molar-refractivity contribution is 6.42. The molecule has 0 unspecified atom stereocenters. The van der Waals surface area contributed by atoms with Crippen molar-refractivity contribution in [2.75, 3.05) is 6.54 Å². The number of rotatable bonds is 8. The highest BCUT2D eigenvalue weighted by Crippen LogP contribution is 2.35. The Labute approximate surface area is 113 Å². The standard InChI is InChI=1S/C14H30BNO2/c1-6-7-8-9-10-11-12-16-15-17-13(2,3)14(4,5)18-15/h16H,6-12H2,1-5H3. The van der Waals surface area contributed by atoms with Gasteiger partial charge in [-0.25, -0.2) is 0 Å². The van der Waals surface area contributed by atoms with Gasteiger partial charge in [0.1, 0.15) is 0 Å². The molecule has 1 saturated heterocycles. The van der Waals surface area contributed by atoms with Crippen LogP contribution in [0.3, 0.4) is 0 Å². The minimum Gasteiger partial charge on any atom is -0.389 e. The van der Waals surface area contributed by atoms with E-state index in [0.29, 0.717) is 0 Å². The van der Waals surface area contributed by atoms with Gasteiger partial charge in [-0.1, -0.05) is 39.0 Å². The lowest BCUT2D eigenvalue weighted by molar-refractivity contribution is 0.00578. The molecule has 1 N–H and O–H groups in total. The summed E-state index contributed by atoms with van der Waals surface area (Å²) in [5.74, 6) is 0. The van der Waals surface area contributed by atoms with Crippen molar-refractivity contribution in [3.05, 3.63) is 0 Å². The maximum absolute atomic E-state index is 5.88. The molecule has 18 heavy (non-hydrogen) atoms. The number of hydrogen-bond acceptors (Lipinski definition) is 3. The molecule has 0 aliphatic carbocycles. The average molecular weight is 255 g/mol. The SMILES string of the molecule is CCCCCCCCNB1OC(C)(C)C(C)(C)O1. The van der Waals surface area contributed by atoms with Gasteiger partial charge in [0.15, 0.2) is 0 Å². The lowest BCUT2D eigenvalue weighted by Crippen LogP contribution is -2.41. The third kappa shape index (κ3) is 4.56. The van der Waals surface area contributed by atoms with Crippen molar-refractivity contribution >= 4 is 7.25 Å². The van der Waals surface area contributed by atoms with E-state index in [1.165, 1.54) is 38.5 Å². The van der Waals surface area contributed by atoms with Gasteiger partial charge in [-0.15, -0.1) is 0 Å². The third-order valence-corrected chi connectivity index (χ3v) is 4.09. The summed E-state index contributed by atoms with van der Waals surface area (Å²) in [6.07, 6.45) is 7.89. The Balaban J connectivity index is 2.08. The molecule has 1 aliphatic heterocycles. The summed E-state index contributed by atoms with van der Waals surface area (Å²) in [6.45, 7) is 11.6. The molecular weight excluding hydrogens is 225 g/mol. The Kier molecular flexibility index (Phi) is 6.15. The molecule has 3 nitrogen and oxygen atoms in total. The zero-order chi connectivity index (χ0) is 13.6. The number of nitrogens with one attached hydrogen (secondary N) is 1. The summed E-state index contributed by atoms with van der Waals surface area (Å²) in [4.78, 5) is 0. The Morgan fingerprint density at radius 3 is 1.89 bits per heavy atom. The summed E-state index contributed by atoms with van der Waals surface area (Å²) >= 11 is 0. The van der Waals surface area contributed by atoms with Crippen LogP contribution in [0.2, 0.25) is 0 Å². The smallest absolute Gasteiger partial charge is 0.389 e. The Hall–Kier alpha value is -0.0551. The topological polar surface area (TPSA) is 30.5 Å². The first-order chi connectivity index (χ1) is 8.39. The first-order valence-corrected chi connectivity index (χ1v) is 7.48. The summed E-state index contributed by atoms with van der Waals surface area (Å²) in [7, 11) is -0.245. The second kappa shape index (κ2) is 6.92. The van der Waals surface area contributed by atoms with E-state index in [1.54, 1.807) is 0 Å². The molecule has 1 aliphatic rings. The molecule has 4 heteroatoms. The van der Waals surface area contributed by atoms with Crippen LogP contribution in [0.15, 0.2) is 0 Å². The minimum atomic E-state index is -0.245.